The molecule has 204 valence electrons. The standard InChI is InChI=1S/C26H30F3N5O4/c1-4-25(2,3)20(33-24(38)26(27,28)29)23(37)34-12-17-13-5-6-14(9-13)18(17)19(34)22(36)32-16(11-30)10-15-7-8-31-21(15)35/h1,5-6,13-20H,7-10,12H2,2-3H3,(H,31,35)(H,32,36)(H,33,38)/t13-,14+,15+,16+,17-,18+,19+,20-/m1/s1. The molecule has 4 aliphatic rings. The average Bonchev–Trinajstić information content (AvgIpc) is 3.63. The fraction of sp³-hybridized carbons (Fsp3) is 0.654. The lowest BCUT2D eigenvalue weighted by atomic mass is 9.81. The van der Waals surface area contributed by atoms with Gasteiger partial charge in [-0.15, -0.1) is 6.42 Å². The molecule has 3 N–H and O–H groups in total. The van der Waals surface area contributed by atoms with Crippen LogP contribution in [0.1, 0.15) is 33.1 Å². The van der Waals surface area contributed by atoms with Crippen LogP contribution in [0.2, 0.25) is 0 Å². The molecular formula is C26H30F3N5O4. The molecule has 2 aliphatic heterocycles. The molecule has 3 fully saturated rings. The second kappa shape index (κ2) is 9.97. The molecule has 2 saturated heterocycles. The summed E-state index contributed by atoms with van der Waals surface area (Å²) in [6.07, 6.45) is 5.74. The number of rotatable bonds is 7. The first-order chi connectivity index (χ1) is 17.8. The van der Waals surface area contributed by atoms with Crippen molar-refractivity contribution in [3.05, 3.63) is 12.2 Å². The fourth-order valence-electron chi connectivity index (χ4n) is 6.35. The maximum Gasteiger partial charge on any atom is 0.471 e. The summed E-state index contributed by atoms with van der Waals surface area (Å²) in [5.41, 5.74) is -1.50. The molecule has 2 heterocycles. The van der Waals surface area contributed by atoms with E-state index >= 15 is 0 Å². The molecule has 1 saturated carbocycles. The van der Waals surface area contributed by atoms with Gasteiger partial charge < -0.3 is 20.9 Å². The van der Waals surface area contributed by atoms with Gasteiger partial charge in [0, 0.05) is 19.0 Å². The monoisotopic (exact) mass is 533 g/mol. The predicted molar refractivity (Wildman–Crippen MR) is 127 cm³/mol. The highest BCUT2D eigenvalue weighted by atomic mass is 19.4. The number of nitrogens with one attached hydrogen (secondary N) is 3. The van der Waals surface area contributed by atoms with Crippen molar-refractivity contribution in [2.45, 2.75) is 57.4 Å². The first-order valence-electron chi connectivity index (χ1n) is 12.6. The molecule has 2 aliphatic carbocycles. The van der Waals surface area contributed by atoms with Crippen molar-refractivity contribution in [1.29, 1.82) is 5.26 Å². The third-order valence-corrected chi connectivity index (χ3v) is 8.38. The summed E-state index contributed by atoms with van der Waals surface area (Å²) in [6.45, 7) is 3.31. The number of nitrogens with zero attached hydrogens (tertiary/aromatic N) is 2. The lowest BCUT2D eigenvalue weighted by Crippen LogP contribution is -2.61. The molecule has 0 radical (unpaired) electrons. The second-order valence-corrected chi connectivity index (χ2v) is 11.1. The Morgan fingerprint density at radius 1 is 1.24 bits per heavy atom. The first kappa shape index (κ1) is 27.5. The Hall–Kier alpha value is -3.54. The lowest BCUT2D eigenvalue weighted by Gasteiger charge is -2.36. The van der Waals surface area contributed by atoms with Crippen LogP contribution in [0.25, 0.3) is 0 Å². The molecule has 0 aromatic carbocycles. The number of carbonyl (C=O) groups is 4. The maximum absolute atomic E-state index is 13.8. The minimum atomic E-state index is -5.24. The normalized spacial score (nSPS) is 31.1. The summed E-state index contributed by atoms with van der Waals surface area (Å²) in [5.74, 6) is -2.44. The lowest BCUT2D eigenvalue weighted by molar-refractivity contribution is -0.176. The van der Waals surface area contributed by atoms with Gasteiger partial charge in [0.25, 0.3) is 0 Å². The zero-order valence-electron chi connectivity index (χ0n) is 21.0. The van der Waals surface area contributed by atoms with Crippen molar-refractivity contribution in [2.75, 3.05) is 13.1 Å². The third-order valence-electron chi connectivity index (χ3n) is 8.38. The summed E-state index contributed by atoms with van der Waals surface area (Å²) in [6, 6.07) is -1.80. The van der Waals surface area contributed by atoms with Gasteiger partial charge in [0.2, 0.25) is 17.7 Å². The van der Waals surface area contributed by atoms with E-state index in [9.17, 15) is 37.6 Å². The van der Waals surface area contributed by atoms with Crippen LogP contribution in [0.4, 0.5) is 13.2 Å². The highest BCUT2D eigenvalue weighted by Gasteiger charge is 2.59. The van der Waals surface area contributed by atoms with Crippen molar-refractivity contribution < 1.29 is 32.3 Å². The molecule has 12 heteroatoms. The topological polar surface area (TPSA) is 131 Å². The van der Waals surface area contributed by atoms with Crippen LogP contribution in [0.15, 0.2) is 12.2 Å². The summed E-state index contributed by atoms with van der Waals surface area (Å²) in [7, 11) is 0. The fourth-order valence-corrected chi connectivity index (χ4v) is 6.35. The minimum absolute atomic E-state index is 0.0106. The summed E-state index contributed by atoms with van der Waals surface area (Å²) in [5, 5.41) is 16.8. The highest BCUT2D eigenvalue weighted by Crippen LogP contribution is 2.54. The summed E-state index contributed by atoms with van der Waals surface area (Å²) >= 11 is 0. The van der Waals surface area contributed by atoms with Crippen LogP contribution < -0.4 is 16.0 Å². The molecule has 0 aromatic heterocycles. The Kier molecular flexibility index (Phi) is 7.21. The smallest absolute Gasteiger partial charge is 0.356 e. The van der Waals surface area contributed by atoms with Crippen LogP contribution in [0, 0.1) is 58.7 Å². The van der Waals surface area contributed by atoms with Crippen molar-refractivity contribution in [1.82, 2.24) is 20.9 Å². The van der Waals surface area contributed by atoms with Crippen LogP contribution >= 0.6 is 0 Å². The average molecular weight is 534 g/mol. The molecule has 2 bridgehead atoms. The van der Waals surface area contributed by atoms with E-state index in [1.165, 1.54) is 18.7 Å². The third kappa shape index (κ3) is 4.96. The van der Waals surface area contributed by atoms with E-state index in [4.69, 9.17) is 6.42 Å². The number of halogens is 3. The molecule has 9 nitrogen and oxygen atoms in total. The Labute approximate surface area is 218 Å². The largest absolute Gasteiger partial charge is 0.471 e. The van der Waals surface area contributed by atoms with E-state index in [2.05, 4.69) is 16.6 Å². The quantitative estimate of drug-likeness (QED) is 0.330. The van der Waals surface area contributed by atoms with E-state index in [0.717, 1.165) is 6.42 Å². The predicted octanol–water partition coefficient (Wildman–Crippen LogP) is 0.877. The Morgan fingerprint density at radius 3 is 2.50 bits per heavy atom. The van der Waals surface area contributed by atoms with Gasteiger partial charge in [0.05, 0.1) is 11.5 Å². The van der Waals surface area contributed by atoms with Gasteiger partial charge in [-0.3, -0.25) is 19.2 Å². The van der Waals surface area contributed by atoms with Crippen molar-refractivity contribution in [2.24, 2.45) is 35.0 Å². The number of allylic oxidation sites excluding steroid dienone is 2. The minimum Gasteiger partial charge on any atom is -0.356 e. The second-order valence-electron chi connectivity index (χ2n) is 11.1. The SMILES string of the molecule is C#CC(C)(C)[C@H](NC(=O)C(F)(F)F)C(=O)N1C[C@H]2[C@@H]([C@H]1C(=O)N[C@H](C#N)C[C@@H]1CCNC1=O)[C@H]1C=C[C@@H]2C1. The Morgan fingerprint density at radius 2 is 1.92 bits per heavy atom. The van der Waals surface area contributed by atoms with Gasteiger partial charge in [-0.05, 0) is 56.8 Å². The van der Waals surface area contributed by atoms with Gasteiger partial charge in [-0.25, -0.2) is 0 Å². The van der Waals surface area contributed by atoms with E-state index < -0.39 is 53.4 Å². The van der Waals surface area contributed by atoms with E-state index in [1.54, 1.807) is 5.32 Å². The molecule has 4 rings (SSSR count). The molecular weight excluding hydrogens is 503 g/mol. The molecule has 0 spiro atoms. The van der Waals surface area contributed by atoms with Crippen LogP contribution in [0.5, 0.6) is 0 Å². The van der Waals surface area contributed by atoms with Crippen molar-refractivity contribution in [3.63, 3.8) is 0 Å². The first-order valence-corrected chi connectivity index (χ1v) is 12.6. The number of likely N-dealkylation sites (tertiary alicyclic amines) is 1. The number of carbonyl (C=O) groups excluding carboxylic acids is 4. The van der Waals surface area contributed by atoms with Crippen molar-refractivity contribution in [3.8, 4) is 18.4 Å². The van der Waals surface area contributed by atoms with E-state index in [1.807, 2.05) is 18.2 Å². The highest BCUT2D eigenvalue weighted by molar-refractivity contribution is 5.95. The van der Waals surface area contributed by atoms with Crippen LogP contribution in [0.3, 0.4) is 0 Å². The molecule has 38 heavy (non-hydrogen) atoms. The van der Waals surface area contributed by atoms with Gasteiger partial charge >= 0.3 is 12.1 Å². The van der Waals surface area contributed by atoms with Gasteiger partial charge in [0.15, 0.2) is 0 Å². The zero-order chi connectivity index (χ0) is 28.0. The molecule has 8 atom stereocenters. The van der Waals surface area contributed by atoms with E-state index in [-0.39, 0.29) is 42.5 Å². The molecule has 0 aromatic rings. The number of hydrogen-bond acceptors (Lipinski definition) is 5. The summed E-state index contributed by atoms with van der Waals surface area (Å²) < 4.78 is 39.3. The molecule has 0 unspecified atom stereocenters. The van der Waals surface area contributed by atoms with Crippen LogP contribution in [-0.4, -0.2) is 65.9 Å². The summed E-state index contributed by atoms with van der Waals surface area (Å²) in [4.78, 5) is 52.5. The number of terminal acetylenes is 1. The Bertz CT molecular complexity index is 1140. The zero-order valence-corrected chi connectivity index (χ0v) is 21.0. The van der Waals surface area contributed by atoms with Gasteiger partial charge in [0.1, 0.15) is 18.1 Å². The van der Waals surface area contributed by atoms with Crippen molar-refractivity contribution >= 4 is 23.6 Å². The number of amides is 4. The number of hydrogen-bond donors (Lipinski definition) is 3. The Balaban J connectivity index is 1.61. The van der Waals surface area contributed by atoms with Gasteiger partial charge in [-0.1, -0.05) is 18.1 Å². The van der Waals surface area contributed by atoms with Crippen LogP contribution in [-0.2, 0) is 19.2 Å². The number of fused-ring (bicyclic) bond motifs is 5. The van der Waals surface area contributed by atoms with Gasteiger partial charge in [-0.2, -0.15) is 18.4 Å². The molecule has 4 amide bonds. The number of alkyl halides is 3. The maximum atomic E-state index is 13.8. The van der Waals surface area contributed by atoms with E-state index in [0.29, 0.717) is 13.0 Å². The number of nitriles is 1.